The molecule has 7 nitrogen and oxygen atoms in total. The zero-order chi connectivity index (χ0) is 21.9. The van der Waals surface area contributed by atoms with E-state index in [0.717, 1.165) is 11.3 Å². The number of rotatable bonds is 11. The summed E-state index contributed by atoms with van der Waals surface area (Å²) in [5.74, 6) is 1.41. The maximum absolute atomic E-state index is 12.1. The van der Waals surface area contributed by atoms with E-state index in [1.165, 1.54) is 12.3 Å². The summed E-state index contributed by atoms with van der Waals surface area (Å²) < 4.78 is 26.6. The van der Waals surface area contributed by atoms with Crippen LogP contribution in [-0.4, -0.2) is 19.7 Å². The highest BCUT2D eigenvalue weighted by molar-refractivity contribution is 5.69. The second-order valence-electron chi connectivity index (χ2n) is 6.64. The lowest BCUT2D eigenvalue weighted by atomic mass is 10.2. The Hall–Kier alpha value is -3.74. The van der Waals surface area contributed by atoms with E-state index in [9.17, 15) is 9.59 Å². The Balaban J connectivity index is 1.36. The molecular weight excluding hydrogens is 400 g/mol. The number of benzene rings is 2. The van der Waals surface area contributed by atoms with Crippen LogP contribution in [0.25, 0.3) is 0 Å². The molecular formula is C24H24O7. The van der Waals surface area contributed by atoms with Gasteiger partial charge < -0.3 is 23.4 Å². The van der Waals surface area contributed by atoms with Crippen molar-refractivity contribution in [2.75, 3.05) is 13.7 Å². The Morgan fingerprint density at radius 2 is 1.68 bits per heavy atom. The molecule has 3 rings (SSSR count). The number of methoxy groups -OCH3 is 1. The molecule has 31 heavy (non-hydrogen) atoms. The Bertz CT molecular complexity index is 1010. The predicted octanol–water partition coefficient (Wildman–Crippen LogP) is 4.13. The van der Waals surface area contributed by atoms with Gasteiger partial charge in [0.2, 0.25) is 11.2 Å². The molecule has 0 amide bonds. The lowest BCUT2D eigenvalue weighted by molar-refractivity contribution is -0.145. The molecule has 0 fully saturated rings. The molecule has 1 heterocycles. The maximum Gasteiger partial charge on any atom is 0.306 e. The van der Waals surface area contributed by atoms with Gasteiger partial charge in [-0.05, 0) is 36.2 Å². The van der Waals surface area contributed by atoms with Gasteiger partial charge in [-0.2, -0.15) is 0 Å². The zero-order valence-electron chi connectivity index (χ0n) is 17.2. The minimum Gasteiger partial charge on any atom is -0.497 e. The van der Waals surface area contributed by atoms with E-state index in [-0.39, 0.29) is 36.6 Å². The fraction of sp³-hybridized carbons (Fsp3) is 0.250. The second kappa shape index (κ2) is 11.4. The van der Waals surface area contributed by atoms with Crippen molar-refractivity contribution in [3.63, 3.8) is 0 Å². The largest absolute Gasteiger partial charge is 0.497 e. The Morgan fingerprint density at radius 3 is 2.39 bits per heavy atom. The van der Waals surface area contributed by atoms with Crippen molar-refractivity contribution in [2.45, 2.75) is 26.1 Å². The van der Waals surface area contributed by atoms with E-state index in [2.05, 4.69) is 0 Å². The number of esters is 1. The summed E-state index contributed by atoms with van der Waals surface area (Å²) in [4.78, 5) is 24.0. The number of hydrogen-bond donors (Lipinski definition) is 0. The zero-order valence-corrected chi connectivity index (χ0v) is 17.2. The first-order chi connectivity index (χ1) is 15.1. The molecule has 0 saturated heterocycles. The van der Waals surface area contributed by atoms with E-state index in [0.29, 0.717) is 18.8 Å². The van der Waals surface area contributed by atoms with Crippen LogP contribution in [0.4, 0.5) is 0 Å². The fourth-order valence-corrected chi connectivity index (χ4v) is 2.66. The third-order valence-electron chi connectivity index (χ3n) is 4.32. The SMILES string of the molecule is COc1ccc(OCCCC(=O)OCc2cc(=O)c(OCc3ccccc3)co2)cc1. The lowest BCUT2D eigenvalue weighted by Gasteiger charge is -2.08. The summed E-state index contributed by atoms with van der Waals surface area (Å²) in [5.41, 5.74) is 0.608. The molecule has 3 aromatic rings. The van der Waals surface area contributed by atoms with Crippen LogP contribution in [0, 0.1) is 0 Å². The smallest absolute Gasteiger partial charge is 0.306 e. The van der Waals surface area contributed by atoms with Crippen LogP contribution in [0.15, 0.2) is 76.1 Å². The van der Waals surface area contributed by atoms with Crippen molar-refractivity contribution in [3.8, 4) is 17.2 Å². The van der Waals surface area contributed by atoms with E-state index < -0.39 is 5.97 Å². The minimum atomic E-state index is -0.398. The second-order valence-corrected chi connectivity index (χ2v) is 6.64. The van der Waals surface area contributed by atoms with Gasteiger partial charge in [-0.1, -0.05) is 30.3 Å². The fourth-order valence-electron chi connectivity index (χ4n) is 2.66. The first-order valence-corrected chi connectivity index (χ1v) is 9.85. The highest BCUT2D eigenvalue weighted by atomic mass is 16.5. The molecule has 0 atom stereocenters. The Labute approximate surface area is 180 Å². The summed E-state index contributed by atoms with van der Waals surface area (Å²) >= 11 is 0. The molecule has 0 unspecified atom stereocenters. The number of hydrogen-bond acceptors (Lipinski definition) is 7. The molecule has 162 valence electrons. The third kappa shape index (κ3) is 7.22. The molecule has 0 aliphatic rings. The van der Waals surface area contributed by atoms with Crippen LogP contribution < -0.4 is 19.6 Å². The van der Waals surface area contributed by atoms with Gasteiger partial charge in [0, 0.05) is 12.5 Å². The average Bonchev–Trinajstić information content (AvgIpc) is 2.81. The Kier molecular flexibility index (Phi) is 8.11. The van der Waals surface area contributed by atoms with Gasteiger partial charge in [0.15, 0.2) is 0 Å². The molecule has 0 saturated carbocycles. The van der Waals surface area contributed by atoms with Gasteiger partial charge >= 0.3 is 5.97 Å². The number of carbonyl (C=O) groups is 1. The molecule has 0 spiro atoms. The normalized spacial score (nSPS) is 10.4. The number of carbonyl (C=O) groups excluding carboxylic acids is 1. The van der Waals surface area contributed by atoms with E-state index in [1.807, 2.05) is 30.3 Å². The van der Waals surface area contributed by atoms with Gasteiger partial charge in [-0.25, -0.2) is 0 Å². The van der Waals surface area contributed by atoms with Gasteiger partial charge in [0.25, 0.3) is 0 Å². The molecule has 0 aliphatic heterocycles. The van der Waals surface area contributed by atoms with Crippen LogP contribution in [0.2, 0.25) is 0 Å². The van der Waals surface area contributed by atoms with Gasteiger partial charge in [0.05, 0.1) is 13.7 Å². The van der Waals surface area contributed by atoms with Crippen molar-refractivity contribution in [2.24, 2.45) is 0 Å². The van der Waals surface area contributed by atoms with Crippen LogP contribution >= 0.6 is 0 Å². The molecule has 1 aromatic heterocycles. The highest BCUT2D eigenvalue weighted by Crippen LogP contribution is 2.17. The van der Waals surface area contributed by atoms with Crippen LogP contribution in [0.5, 0.6) is 17.2 Å². The maximum atomic E-state index is 12.1. The summed E-state index contributed by atoms with van der Waals surface area (Å²) in [6.07, 6.45) is 1.93. The standard InChI is InChI=1S/C24H24O7/c1-27-19-9-11-20(12-10-19)28-13-5-8-24(26)31-16-21-14-22(25)23(17-29-21)30-15-18-6-3-2-4-7-18/h2-4,6-7,9-12,14,17H,5,8,13,15-16H2,1H3. The average molecular weight is 424 g/mol. The third-order valence-corrected chi connectivity index (χ3v) is 4.32. The Morgan fingerprint density at radius 1 is 0.935 bits per heavy atom. The van der Waals surface area contributed by atoms with E-state index in [4.69, 9.17) is 23.4 Å². The molecule has 0 aliphatic carbocycles. The van der Waals surface area contributed by atoms with Crippen LogP contribution in [0.3, 0.4) is 0 Å². The summed E-state index contributed by atoms with van der Waals surface area (Å²) in [6.45, 7) is 0.523. The first-order valence-electron chi connectivity index (χ1n) is 9.85. The summed E-state index contributed by atoms with van der Waals surface area (Å²) in [5, 5.41) is 0. The van der Waals surface area contributed by atoms with Crippen molar-refractivity contribution < 1.29 is 28.2 Å². The topological polar surface area (TPSA) is 84.2 Å². The van der Waals surface area contributed by atoms with Crippen LogP contribution in [0.1, 0.15) is 24.2 Å². The molecule has 0 bridgehead atoms. The number of ether oxygens (including phenoxy) is 4. The molecule has 7 heteroatoms. The van der Waals surface area contributed by atoms with Gasteiger partial charge in [-0.15, -0.1) is 0 Å². The molecule has 0 N–H and O–H groups in total. The summed E-state index contributed by atoms with van der Waals surface area (Å²) in [6, 6.07) is 18.0. The highest BCUT2D eigenvalue weighted by Gasteiger charge is 2.09. The van der Waals surface area contributed by atoms with E-state index >= 15 is 0 Å². The van der Waals surface area contributed by atoms with Crippen molar-refractivity contribution in [3.05, 3.63) is 88.5 Å². The van der Waals surface area contributed by atoms with E-state index in [1.54, 1.807) is 31.4 Å². The monoisotopic (exact) mass is 424 g/mol. The van der Waals surface area contributed by atoms with Gasteiger partial charge in [0.1, 0.15) is 36.7 Å². The molecule has 0 radical (unpaired) electrons. The first kappa shape index (κ1) is 22.0. The van der Waals surface area contributed by atoms with Crippen LogP contribution in [-0.2, 0) is 22.7 Å². The predicted molar refractivity (Wildman–Crippen MR) is 113 cm³/mol. The van der Waals surface area contributed by atoms with Crippen molar-refractivity contribution >= 4 is 5.97 Å². The minimum absolute atomic E-state index is 0.106. The lowest BCUT2D eigenvalue weighted by Crippen LogP contribution is -2.10. The van der Waals surface area contributed by atoms with Crippen molar-refractivity contribution in [1.29, 1.82) is 0 Å². The molecule has 2 aromatic carbocycles. The quantitative estimate of drug-likeness (QED) is 0.338. The van der Waals surface area contributed by atoms with Crippen molar-refractivity contribution in [1.82, 2.24) is 0 Å². The summed E-state index contributed by atoms with van der Waals surface area (Å²) in [7, 11) is 1.60. The van der Waals surface area contributed by atoms with Gasteiger partial charge in [-0.3, -0.25) is 9.59 Å².